The predicted molar refractivity (Wildman–Crippen MR) is 90.5 cm³/mol. The summed E-state index contributed by atoms with van der Waals surface area (Å²) in [4.78, 5) is 11.5. The lowest BCUT2D eigenvalue weighted by Crippen LogP contribution is -2.17. The van der Waals surface area contributed by atoms with Crippen molar-refractivity contribution in [3.63, 3.8) is 0 Å². The first-order valence-electron chi connectivity index (χ1n) is 7.53. The lowest BCUT2D eigenvalue weighted by Gasteiger charge is -2.13. The highest BCUT2D eigenvalue weighted by Gasteiger charge is 2.08. The van der Waals surface area contributed by atoms with Gasteiger partial charge in [0.2, 0.25) is 5.95 Å². The van der Waals surface area contributed by atoms with Crippen LogP contribution in [-0.4, -0.2) is 46.6 Å². The Morgan fingerprint density at radius 2 is 1.82 bits per heavy atom. The Balaban J connectivity index is 1.89. The van der Waals surface area contributed by atoms with E-state index in [2.05, 4.69) is 40.3 Å². The second kappa shape index (κ2) is 6.58. The summed E-state index contributed by atoms with van der Waals surface area (Å²) in [5.41, 5.74) is 0.955. The molecule has 114 valence electrons. The fourth-order valence-corrected chi connectivity index (χ4v) is 2.38. The number of para-hydroxylation sites is 1. The van der Waals surface area contributed by atoms with Gasteiger partial charge in [-0.2, -0.15) is 4.98 Å². The molecule has 1 N–H and O–H groups in total. The fraction of sp³-hybridized carbons (Fsp3) is 0.294. The van der Waals surface area contributed by atoms with E-state index in [1.54, 1.807) is 0 Å². The van der Waals surface area contributed by atoms with Crippen molar-refractivity contribution in [1.82, 2.24) is 19.4 Å². The van der Waals surface area contributed by atoms with E-state index in [4.69, 9.17) is 0 Å². The molecule has 0 saturated carbocycles. The number of rotatable bonds is 6. The number of nitrogens with one attached hydrogen (secondary N) is 1. The van der Waals surface area contributed by atoms with Crippen molar-refractivity contribution in [2.24, 2.45) is 0 Å². The molecule has 0 spiro atoms. The molecule has 0 saturated heterocycles. The SMILES string of the molecule is CN(C)CCCNc1nc(-n2cccc2)nc2ccccc12. The van der Waals surface area contributed by atoms with Gasteiger partial charge in [-0.1, -0.05) is 12.1 Å². The van der Waals surface area contributed by atoms with Gasteiger partial charge in [-0.05, 0) is 51.3 Å². The maximum Gasteiger partial charge on any atom is 0.236 e. The lowest BCUT2D eigenvalue weighted by molar-refractivity contribution is 0.405. The van der Waals surface area contributed by atoms with Crippen LogP contribution in [0.1, 0.15) is 6.42 Å². The van der Waals surface area contributed by atoms with E-state index in [1.165, 1.54) is 0 Å². The van der Waals surface area contributed by atoms with Crippen molar-refractivity contribution in [1.29, 1.82) is 0 Å². The molecule has 3 aromatic rings. The zero-order valence-corrected chi connectivity index (χ0v) is 13.0. The smallest absolute Gasteiger partial charge is 0.236 e. The van der Waals surface area contributed by atoms with Crippen LogP contribution in [0.15, 0.2) is 48.8 Å². The van der Waals surface area contributed by atoms with Crippen LogP contribution < -0.4 is 5.32 Å². The molecule has 22 heavy (non-hydrogen) atoms. The average molecular weight is 295 g/mol. The van der Waals surface area contributed by atoms with Gasteiger partial charge in [0.05, 0.1) is 5.52 Å². The maximum atomic E-state index is 4.69. The van der Waals surface area contributed by atoms with Gasteiger partial charge in [-0.25, -0.2) is 4.98 Å². The highest BCUT2D eigenvalue weighted by Crippen LogP contribution is 2.21. The highest BCUT2D eigenvalue weighted by molar-refractivity contribution is 5.89. The zero-order chi connectivity index (χ0) is 15.4. The Bertz CT molecular complexity index is 734. The van der Waals surface area contributed by atoms with E-state index in [0.29, 0.717) is 5.95 Å². The molecule has 0 radical (unpaired) electrons. The van der Waals surface area contributed by atoms with Crippen molar-refractivity contribution in [2.75, 3.05) is 32.5 Å². The Morgan fingerprint density at radius 1 is 1.05 bits per heavy atom. The quantitative estimate of drug-likeness (QED) is 0.710. The minimum absolute atomic E-state index is 0.693. The molecule has 2 heterocycles. The van der Waals surface area contributed by atoms with Crippen LogP contribution in [0, 0.1) is 0 Å². The van der Waals surface area contributed by atoms with Gasteiger partial charge in [-0.3, -0.25) is 4.57 Å². The number of benzene rings is 1. The van der Waals surface area contributed by atoms with Crippen molar-refractivity contribution in [3.05, 3.63) is 48.8 Å². The van der Waals surface area contributed by atoms with Crippen molar-refractivity contribution in [3.8, 4) is 5.95 Å². The molecule has 0 atom stereocenters. The molecule has 0 bridgehead atoms. The molecule has 5 nitrogen and oxygen atoms in total. The third kappa shape index (κ3) is 3.26. The number of nitrogens with zero attached hydrogens (tertiary/aromatic N) is 4. The molecule has 0 fully saturated rings. The topological polar surface area (TPSA) is 46.0 Å². The maximum absolute atomic E-state index is 4.69. The summed E-state index contributed by atoms with van der Waals surface area (Å²) in [6.07, 6.45) is 4.99. The average Bonchev–Trinajstić information content (AvgIpc) is 3.05. The molecule has 0 aliphatic carbocycles. The van der Waals surface area contributed by atoms with Gasteiger partial charge in [0, 0.05) is 24.3 Å². The summed E-state index contributed by atoms with van der Waals surface area (Å²) in [5.74, 6) is 1.59. The standard InChI is InChI=1S/C17H21N5/c1-21(2)11-7-10-18-16-14-8-3-4-9-15(14)19-17(20-16)22-12-5-6-13-22/h3-6,8-9,12-13H,7,10-11H2,1-2H3,(H,18,19,20). The number of anilines is 1. The Labute approximate surface area is 130 Å². The third-order valence-corrected chi connectivity index (χ3v) is 3.50. The van der Waals surface area contributed by atoms with Crippen LogP contribution >= 0.6 is 0 Å². The van der Waals surface area contributed by atoms with Crippen molar-refractivity contribution in [2.45, 2.75) is 6.42 Å². The summed E-state index contributed by atoms with van der Waals surface area (Å²) in [6, 6.07) is 12.1. The van der Waals surface area contributed by atoms with Crippen LogP contribution in [0.25, 0.3) is 16.9 Å². The largest absolute Gasteiger partial charge is 0.369 e. The van der Waals surface area contributed by atoms with E-state index >= 15 is 0 Å². The lowest BCUT2D eigenvalue weighted by atomic mass is 10.2. The molecule has 0 aliphatic rings. The van der Waals surface area contributed by atoms with E-state index in [1.807, 2.05) is 47.3 Å². The first kappa shape index (κ1) is 14.5. The summed E-state index contributed by atoms with van der Waals surface area (Å²) in [6.45, 7) is 1.95. The van der Waals surface area contributed by atoms with Crippen LogP contribution in [0.3, 0.4) is 0 Å². The molecule has 5 heteroatoms. The second-order valence-electron chi connectivity index (χ2n) is 5.56. The predicted octanol–water partition coefficient (Wildman–Crippen LogP) is 2.78. The Kier molecular flexibility index (Phi) is 4.34. The number of hydrogen-bond acceptors (Lipinski definition) is 4. The van der Waals surface area contributed by atoms with Crippen LogP contribution in [0.4, 0.5) is 5.82 Å². The molecular weight excluding hydrogens is 274 g/mol. The molecular formula is C17H21N5. The summed E-state index contributed by atoms with van der Waals surface area (Å²) >= 11 is 0. The summed E-state index contributed by atoms with van der Waals surface area (Å²) < 4.78 is 1.93. The summed E-state index contributed by atoms with van der Waals surface area (Å²) in [5, 5.41) is 4.51. The molecule has 3 rings (SSSR count). The number of aromatic nitrogens is 3. The van der Waals surface area contributed by atoms with Crippen LogP contribution in [-0.2, 0) is 0 Å². The zero-order valence-electron chi connectivity index (χ0n) is 13.0. The normalized spacial score (nSPS) is 11.2. The van der Waals surface area contributed by atoms with E-state index in [9.17, 15) is 0 Å². The monoisotopic (exact) mass is 295 g/mol. The molecule has 2 aromatic heterocycles. The minimum Gasteiger partial charge on any atom is -0.369 e. The number of hydrogen-bond donors (Lipinski definition) is 1. The van der Waals surface area contributed by atoms with Crippen molar-refractivity contribution < 1.29 is 0 Å². The van der Waals surface area contributed by atoms with Crippen molar-refractivity contribution >= 4 is 16.7 Å². The highest BCUT2D eigenvalue weighted by atomic mass is 15.2. The van der Waals surface area contributed by atoms with Gasteiger partial charge in [0.25, 0.3) is 0 Å². The molecule has 1 aromatic carbocycles. The third-order valence-electron chi connectivity index (χ3n) is 3.50. The Hall–Kier alpha value is -2.40. The van der Waals surface area contributed by atoms with E-state index in [0.717, 1.165) is 36.2 Å². The number of fused-ring (bicyclic) bond motifs is 1. The first-order chi connectivity index (χ1) is 10.7. The molecule has 0 aliphatic heterocycles. The molecule has 0 amide bonds. The van der Waals surface area contributed by atoms with Gasteiger partial charge < -0.3 is 10.2 Å². The van der Waals surface area contributed by atoms with Gasteiger partial charge >= 0.3 is 0 Å². The van der Waals surface area contributed by atoms with Gasteiger partial charge in [0.1, 0.15) is 5.82 Å². The van der Waals surface area contributed by atoms with E-state index < -0.39 is 0 Å². The van der Waals surface area contributed by atoms with Gasteiger partial charge in [0.15, 0.2) is 0 Å². The summed E-state index contributed by atoms with van der Waals surface area (Å²) in [7, 11) is 4.18. The first-order valence-corrected chi connectivity index (χ1v) is 7.53. The minimum atomic E-state index is 0.693. The van der Waals surface area contributed by atoms with Crippen LogP contribution in [0.5, 0.6) is 0 Å². The van der Waals surface area contributed by atoms with E-state index in [-0.39, 0.29) is 0 Å². The molecule has 0 unspecified atom stereocenters. The van der Waals surface area contributed by atoms with Crippen LogP contribution in [0.2, 0.25) is 0 Å². The Morgan fingerprint density at radius 3 is 2.59 bits per heavy atom. The second-order valence-corrected chi connectivity index (χ2v) is 5.56. The van der Waals surface area contributed by atoms with Gasteiger partial charge in [-0.15, -0.1) is 0 Å². The fourth-order valence-electron chi connectivity index (χ4n) is 2.38.